The molecule has 3 fully saturated rings. The Kier molecular flexibility index (Phi) is 6.45. The van der Waals surface area contributed by atoms with E-state index in [0.717, 1.165) is 24.2 Å². The number of rotatable bonds is 4. The van der Waals surface area contributed by atoms with Crippen LogP contribution >= 0.6 is 0 Å². The molecule has 0 N–H and O–H groups in total. The third kappa shape index (κ3) is 4.02. The fourth-order valence-electron chi connectivity index (χ4n) is 6.18. The molecule has 3 aliphatic rings. The largest absolute Gasteiger partial charge is 0.468 e. The van der Waals surface area contributed by atoms with E-state index in [1.165, 1.54) is 64.9 Å². The molecule has 0 saturated heterocycles. The summed E-state index contributed by atoms with van der Waals surface area (Å²) in [7, 11) is 1.39. The molecular weight excluding hydrogens is 324 g/mol. The van der Waals surface area contributed by atoms with Crippen molar-refractivity contribution in [3.8, 4) is 0 Å². The minimum Gasteiger partial charge on any atom is -0.468 e. The van der Waals surface area contributed by atoms with Crippen LogP contribution in [-0.2, 0) is 14.3 Å². The number of carbonyl (C=O) groups is 2. The van der Waals surface area contributed by atoms with Crippen LogP contribution in [0.25, 0.3) is 0 Å². The second-order valence-corrected chi connectivity index (χ2v) is 9.61. The summed E-state index contributed by atoms with van der Waals surface area (Å²) in [5.41, 5.74) is -0.889. The number of ketones is 1. The molecule has 3 saturated carbocycles. The van der Waals surface area contributed by atoms with Crippen molar-refractivity contribution in [2.45, 2.75) is 90.9 Å². The van der Waals surface area contributed by atoms with Crippen LogP contribution in [-0.4, -0.2) is 18.9 Å². The molecule has 0 heterocycles. The maximum Gasteiger partial charge on any atom is 0.319 e. The van der Waals surface area contributed by atoms with E-state index in [4.69, 9.17) is 4.74 Å². The molecule has 0 aromatic rings. The Morgan fingerprint density at radius 3 is 1.88 bits per heavy atom. The topological polar surface area (TPSA) is 43.4 Å². The monoisotopic (exact) mass is 362 g/mol. The van der Waals surface area contributed by atoms with Gasteiger partial charge in [-0.1, -0.05) is 26.2 Å². The summed E-state index contributed by atoms with van der Waals surface area (Å²) in [5, 5.41) is 0. The van der Waals surface area contributed by atoms with Crippen LogP contribution in [0.15, 0.2) is 0 Å². The molecule has 0 aromatic heterocycles. The lowest BCUT2D eigenvalue weighted by Gasteiger charge is -2.42. The van der Waals surface area contributed by atoms with E-state index in [1.807, 2.05) is 0 Å². The first-order valence-corrected chi connectivity index (χ1v) is 11.1. The van der Waals surface area contributed by atoms with Crippen molar-refractivity contribution in [2.75, 3.05) is 7.11 Å². The predicted molar refractivity (Wildman–Crippen MR) is 104 cm³/mol. The van der Waals surface area contributed by atoms with Gasteiger partial charge in [0.25, 0.3) is 0 Å². The third-order valence-electron chi connectivity index (χ3n) is 8.33. The smallest absolute Gasteiger partial charge is 0.319 e. The van der Waals surface area contributed by atoms with Gasteiger partial charge in [-0.25, -0.2) is 0 Å². The summed E-state index contributed by atoms with van der Waals surface area (Å²) in [5.74, 6) is 3.85. The maximum absolute atomic E-state index is 12.6. The zero-order chi connectivity index (χ0) is 18.7. The van der Waals surface area contributed by atoms with Crippen LogP contribution in [0.1, 0.15) is 90.9 Å². The molecule has 0 spiro atoms. The maximum atomic E-state index is 12.6. The molecular formula is C23H38O3. The molecule has 0 radical (unpaired) electrons. The highest BCUT2D eigenvalue weighted by Crippen LogP contribution is 2.47. The summed E-state index contributed by atoms with van der Waals surface area (Å²) < 4.78 is 4.88. The number of esters is 1. The normalized spacial score (nSPS) is 41.7. The Hall–Kier alpha value is -0.860. The van der Waals surface area contributed by atoms with Crippen molar-refractivity contribution in [3.63, 3.8) is 0 Å². The molecule has 2 atom stereocenters. The molecule has 148 valence electrons. The van der Waals surface area contributed by atoms with Crippen LogP contribution in [0.5, 0.6) is 0 Å². The van der Waals surface area contributed by atoms with E-state index >= 15 is 0 Å². The summed E-state index contributed by atoms with van der Waals surface area (Å²) in [6.45, 7) is 4.12. The molecule has 1 unspecified atom stereocenters. The quantitative estimate of drug-likeness (QED) is 0.486. The minimum atomic E-state index is -0.889. The van der Waals surface area contributed by atoms with E-state index in [2.05, 4.69) is 6.92 Å². The van der Waals surface area contributed by atoms with Gasteiger partial charge in [-0.05, 0) is 87.9 Å². The van der Waals surface area contributed by atoms with Crippen LogP contribution in [0, 0.1) is 35.0 Å². The first-order chi connectivity index (χ1) is 12.5. The molecule has 0 bridgehead atoms. The summed E-state index contributed by atoms with van der Waals surface area (Å²) in [6, 6.07) is 0. The van der Waals surface area contributed by atoms with E-state index in [-0.39, 0.29) is 11.8 Å². The molecule has 0 amide bonds. The van der Waals surface area contributed by atoms with Crippen molar-refractivity contribution < 1.29 is 14.3 Å². The Morgan fingerprint density at radius 2 is 1.42 bits per heavy atom. The summed E-state index contributed by atoms with van der Waals surface area (Å²) in [4.78, 5) is 24.6. The lowest BCUT2D eigenvalue weighted by atomic mass is 9.62. The number of ether oxygens (including phenoxy) is 1. The fraction of sp³-hybridized carbons (Fsp3) is 0.913. The van der Waals surface area contributed by atoms with Gasteiger partial charge in [0.1, 0.15) is 11.2 Å². The Labute approximate surface area is 159 Å². The number of hydrogen-bond acceptors (Lipinski definition) is 3. The number of Topliss-reactive ketones (excluding diaryl/α,β-unsaturated/α-hetero) is 1. The Morgan fingerprint density at radius 1 is 0.923 bits per heavy atom. The summed E-state index contributed by atoms with van der Waals surface area (Å²) >= 11 is 0. The lowest BCUT2D eigenvalue weighted by molar-refractivity contribution is -0.160. The second kappa shape index (κ2) is 8.44. The van der Waals surface area contributed by atoms with Crippen molar-refractivity contribution in [1.29, 1.82) is 0 Å². The highest BCUT2D eigenvalue weighted by atomic mass is 16.5. The lowest BCUT2D eigenvalue weighted by Crippen LogP contribution is -2.43. The van der Waals surface area contributed by atoms with Gasteiger partial charge >= 0.3 is 5.97 Å². The van der Waals surface area contributed by atoms with Gasteiger partial charge in [-0.2, -0.15) is 0 Å². The Balaban J connectivity index is 1.47. The summed E-state index contributed by atoms with van der Waals surface area (Å²) in [6.07, 6.45) is 14.8. The first kappa shape index (κ1) is 19.9. The van der Waals surface area contributed by atoms with Gasteiger partial charge in [0.15, 0.2) is 0 Å². The van der Waals surface area contributed by atoms with Crippen LogP contribution in [0.4, 0.5) is 0 Å². The molecule has 26 heavy (non-hydrogen) atoms. The molecule has 0 aromatic carbocycles. The number of carbonyl (C=O) groups excluding carboxylic acids is 2. The first-order valence-electron chi connectivity index (χ1n) is 11.1. The van der Waals surface area contributed by atoms with Gasteiger partial charge in [0.05, 0.1) is 7.11 Å². The van der Waals surface area contributed by atoms with E-state index in [9.17, 15) is 9.59 Å². The Bertz CT molecular complexity index is 498. The van der Waals surface area contributed by atoms with Crippen molar-refractivity contribution >= 4 is 11.8 Å². The van der Waals surface area contributed by atoms with Gasteiger partial charge in [-0.3, -0.25) is 9.59 Å². The van der Waals surface area contributed by atoms with Gasteiger partial charge in [0.2, 0.25) is 0 Å². The van der Waals surface area contributed by atoms with E-state index in [0.29, 0.717) is 24.7 Å². The number of hydrogen-bond donors (Lipinski definition) is 0. The van der Waals surface area contributed by atoms with Crippen molar-refractivity contribution in [1.82, 2.24) is 0 Å². The highest BCUT2D eigenvalue weighted by Gasteiger charge is 2.47. The van der Waals surface area contributed by atoms with Gasteiger partial charge < -0.3 is 4.74 Å². The standard InChI is InChI=1S/C23H38O3/c1-4-16-5-7-17(8-6-16)18-9-11-19(12-10-18)20-13-14-23(2,21(24)15-20)22(25)26-3/h16-20H,4-15H2,1-3H3/t16?,17?,18?,19?,20?,23-/m0/s1. The third-order valence-corrected chi connectivity index (χ3v) is 8.33. The van der Waals surface area contributed by atoms with Crippen molar-refractivity contribution in [3.05, 3.63) is 0 Å². The molecule has 3 rings (SSSR count). The van der Waals surface area contributed by atoms with Gasteiger partial charge in [-0.15, -0.1) is 0 Å². The van der Waals surface area contributed by atoms with Gasteiger partial charge in [0, 0.05) is 6.42 Å². The number of methoxy groups -OCH3 is 1. The average Bonchev–Trinajstić information content (AvgIpc) is 2.69. The SMILES string of the molecule is CCC1CCC(C2CCC(C3CC[C@](C)(C(=O)OC)C(=O)C3)CC2)CC1. The highest BCUT2D eigenvalue weighted by molar-refractivity contribution is 6.03. The molecule has 3 heteroatoms. The van der Waals surface area contributed by atoms with Crippen LogP contribution < -0.4 is 0 Å². The fourth-order valence-corrected chi connectivity index (χ4v) is 6.18. The second-order valence-electron chi connectivity index (χ2n) is 9.61. The van der Waals surface area contributed by atoms with Crippen LogP contribution in [0.2, 0.25) is 0 Å². The van der Waals surface area contributed by atoms with Crippen LogP contribution in [0.3, 0.4) is 0 Å². The van der Waals surface area contributed by atoms with Crippen molar-refractivity contribution in [2.24, 2.45) is 35.0 Å². The van der Waals surface area contributed by atoms with E-state index in [1.54, 1.807) is 6.92 Å². The molecule has 0 aliphatic heterocycles. The average molecular weight is 363 g/mol. The molecule has 3 aliphatic carbocycles. The minimum absolute atomic E-state index is 0.112. The zero-order valence-electron chi connectivity index (χ0n) is 17.1. The zero-order valence-corrected chi connectivity index (χ0v) is 17.1. The molecule has 3 nitrogen and oxygen atoms in total. The predicted octanol–water partition coefficient (Wildman–Crippen LogP) is 5.56. The van der Waals surface area contributed by atoms with E-state index < -0.39 is 5.41 Å².